The van der Waals surface area contributed by atoms with Crippen LogP contribution in [0, 0.1) is 5.92 Å². The molecule has 0 amide bonds. The highest BCUT2D eigenvalue weighted by atomic mass is 35.8. The molecule has 0 aromatic heterocycles. The van der Waals surface area contributed by atoms with Gasteiger partial charge in [-0.3, -0.25) is 0 Å². The molecule has 0 atom stereocenters. The van der Waals surface area contributed by atoms with Gasteiger partial charge in [0.05, 0.1) is 6.61 Å². The predicted octanol–water partition coefficient (Wildman–Crippen LogP) is 9.53. The van der Waals surface area contributed by atoms with E-state index in [9.17, 15) is 0 Å². The van der Waals surface area contributed by atoms with Gasteiger partial charge in [0.25, 0.3) is 0 Å². The predicted molar refractivity (Wildman–Crippen MR) is 132 cm³/mol. The topological polar surface area (TPSA) is 9.23 Å². The molecule has 5 heteroatoms. The molecular formula is C24H39Cl3OSi. The maximum absolute atomic E-state index is 5.90. The lowest BCUT2D eigenvalue weighted by Gasteiger charge is -2.29. The second kappa shape index (κ2) is 14.2. The van der Waals surface area contributed by atoms with Crippen molar-refractivity contribution in [3.05, 3.63) is 29.8 Å². The first-order valence-electron chi connectivity index (χ1n) is 11.8. The third-order valence-corrected chi connectivity index (χ3v) is 8.91. The van der Waals surface area contributed by atoms with E-state index in [2.05, 4.69) is 31.2 Å². The largest absolute Gasteiger partial charge is 0.494 e. The molecule has 2 rings (SSSR count). The van der Waals surface area contributed by atoms with E-state index in [1.807, 2.05) is 0 Å². The molecule has 1 aliphatic rings. The van der Waals surface area contributed by atoms with Gasteiger partial charge >= 0.3 is 6.00 Å². The van der Waals surface area contributed by atoms with Crippen LogP contribution in [0.25, 0.3) is 0 Å². The molecule has 0 radical (unpaired) electrons. The molecule has 1 aliphatic carbocycles. The fourth-order valence-corrected chi connectivity index (χ4v) is 6.22. The molecular weight excluding hydrogens is 439 g/mol. The van der Waals surface area contributed by atoms with Gasteiger partial charge < -0.3 is 4.74 Å². The first-order chi connectivity index (χ1) is 14.0. The van der Waals surface area contributed by atoms with Gasteiger partial charge in [0.15, 0.2) is 0 Å². The highest BCUT2D eigenvalue weighted by Gasteiger charge is 2.24. The zero-order chi connectivity index (χ0) is 21.0. The van der Waals surface area contributed by atoms with E-state index in [1.54, 1.807) is 0 Å². The lowest BCUT2D eigenvalue weighted by Crippen LogP contribution is -2.13. The van der Waals surface area contributed by atoms with Crippen LogP contribution in [0.15, 0.2) is 24.3 Å². The van der Waals surface area contributed by atoms with Gasteiger partial charge in [-0.1, -0.05) is 70.4 Å². The highest BCUT2D eigenvalue weighted by molar-refractivity contribution is 7.64. The van der Waals surface area contributed by atoms with E-state index < -0.39 is 6.00 Å². The SMILES string of the molecule is CCCCCCCCCC1CCC(c2ccc(OCCC[Si](Cl)(Cl)Cl)cc2)CC1. The van der Waals surface area contributed by atoms with Crippen molar-refractivity contribution in [3.8, 4) is 5.75 Å². The smallest absolute Gasteiger partial charge is 0.341 e. The highest BCUT2D eigenvalue weighted by Crippen LogP contribution is 2.38. The van der Waals surface area contributed by atoms with Gasteiger partial charge in [0.2, 0.25) is 0 Å². The summed E-state index contributed by atoms with van der Waals surface area (Å²) >= 11 is 17.7. The van der Waals surface area contributed by atoms with Crippen molar-refractivity contribution < 1.29 is 4.74 Å². The van der Waals surface area contributed by atoms with Crippen LogP contribution in [0.3, 0.4) is 0 Å². The molecule has 1 nitrogen and oxygen atoms in total. The molecule has 0 spiro atoms. The zero-order valence-electron chi connectivity index (χ0n) is 18.1. The van der Waals surface area contributed by atoms with Crippen molar-refractivity contribution in [3.63, 3.8) is 0 Å². The van der Waals surface area contributed by atoms with Crippen LogP contribution >= 0.6 is 33.2 Å². The van der Waals surface area contributed by atoms with Crippen molar-refractivity contribution in [1.29, 1.82) is 0 Å². The van der Waals surface area contributed by atoms with Crippen molar-refractivity contribution >= 4 is 39.2 Å². The maximum atomic E-state index is 5.90. The van der Waals surface area contributed by atoms with Crippen molar-refractivity contribution in [2.24, 2.45) is 5.92 Å². The molecule has 1 aromatic rings. The minimum atomic E-state index is -2.51. The summed E-state index contributed by atoms with van der Waals surface area (Å²) in [5, 5.41) is 0. The standard InChI is InChI=1S/C24H39Cl3OSi/c1-2-3-4-5-6-7-8-10-21-11-13-22(14-12-21)23-15-17-24(18-16-23)28-19-9-20-29(25,26)27/h15-18,21-22H,2-14,19-20H2,1H3. The van der Waals surface area contributed by atoms with Gasteiger partial charge in [-0.2, -0.15) is 0 Å². The Morgan fingerprint density at radius 2 is 1.45 bits per heavy atom. The average Bonchev–Trinajstić information content (AvgIpc) is 2.71. The summed E-state index contributed by atoms with van der Waals surface area (Å²) in [6.07, 6.45) is 17.7. The van der Waals surface area contributed by atoms with Crippen LogP contribution in [0.2, 0.25) is 6.04 Å². The number of ether oxygens (including phenoxy) is 1. The summed E-state index contributed by atoms with van der Waals surface area (Å²) in [7, 11) is 0. The molecule has 1 saturated carbocycles. The Labute approximate surface area is 194 Å². The fraction of sp³-hybridized carbons (Fsp3) is 0.750. The Balaban J connectivity index is 1.59. The molecule has 0 unspecified atom stereocenters. The van der Waals surface area contributed by atoms with Gasteiger partial charge in [-0.25, -0.2) is 0 Å². The molecule has 0 N–H and O–H groups in total. The molecule has 1 aromatic carbocycles. The minimum Gasteiger partial charge on any atom is -0.494 e. The third-order valence-electron chi connectivity index (χ3n) is 6.29. The maximum Gasteiger partial charge on any atom is 0.341 e. The summed E-state index contributed by atoms with van der Waals surface area (Å²) in [6.45, 7) is 2.90. The van der Waals surface area contributed by atoms with Gasteiger partial charge in [-0.15, -0.1) is 33.2 Å². The fourth-order valence-electron chi connectivity index (χ4n) is 4.47. The number of rotatable bonds is 14. The molecule has 0 heterocycles. The normalized spacial score (nSPS) is 20.0. The van der Waals surface area contributed by atoms with Crippen LogP contribution in [-0.2, 0) is 0 Å². The second-order valence-electron chi connectivity index (χ2n) is 8.76. The second-order valence-corrected chi connectivity index (χ2v) is 18.0. The number of hydrogen-bond donors (Lipinski definition) is 0. The minimum absolute atomic E-state index is 0.615. The van der Waals surface area contributed by atoms with E-state index >= 15 is 0 Å². The molecule has 1 fully saturated rings. The Hall–Kier alpha value is 0.107. The Morgan fingerprint density at radius 3 is 2.07 bits per heavy atom. The Kier molecular flexibility index (Phi) is 12.4. The summed E-state index contributed by atoms with van der Waals surface area (Å²) < 4.78 is 5.79. The van der Waals surface area contributed by atoms with E-state index in [-0.39, 0.29) is 0 Å². The lowest BCUT2D eigenvalue weighted by atomic mass is 9.77. The van der Waals surface area contributed by atoms with E-state index in [0.717, 1.165) is 24.0 Å². The van der Waals surface area contributed by atoms with Crippen LogP contribution in [0.4, 0.5) is 0 Å². The first kappa shape index (κ1) is 25.4. The summed E-state index contributed by atoms with van der Waals surface area (Å²) in [5.74, 6) is 2.61. The molecule has 0 saturated heterocycles. The zero-order valence-corrected chi connectivity index (χ0v) is 21.4. The quantitative estimate of drug-likeness (QED) is 0.147. The molecule has 29 heavy (non-hydrogen) atoms. The van der Waals surface area contributed by atoms with Gasteiger partial charge in [-0.05, 0) is 67.7 Å². The van der Waals surface area contributed by atoms with Crippen LogP contribution < -0.4 is 4.74 Å². The van der Waals surface area contributed by atoms with Crippen molar-refractivity contribution in [2.45, 2.75) is 102 Å². The number of benzene rings is 1. The average molecular weight is 478 g/mol. The third kappa shape index (κ3) is 11.3. The number of hydrogen-bond acceptors (Lipinski definition) is 1. The number of halogens is 3. The molecule has 166 valence electrons. The molecule has 0 aliphatic heterocycles. The van der Waals surface area contributed by atoms with E-state index in [4.69, 9.17) is 38.0 Å². The van der Waals surface area contributed by atoms with E-state index in [0.29, 0.717) is 12.7 Å². The monoisotopic (exact) mass is 476 g/mol. The molecule has 0 bridgehead atoms. The van der Waals surface area contributed by atoms with Crippen LogP contribution in [0.5, 0.6) is 5.75 Å². The summed E-state index contributed by atoms with van der Waals surface area (Å²) in [6, 6.07) is 6.84. The van der Waals surface area contributed by atoms with Gasteiger partial charge in [0, 0.05) is 0 Å². The van der Waals surface area contributed by atoms with Gasteiger partial charge in [0.1, 0.15) is 5.75 Å². The first-order valence-corrected chi connectivity index (χ1v) is 17.0. The van der Waals surface area contributed by atoms with Crippen molar-refractivity contribution in [2.75, 3.05) is 6.61 Å². The number of unbranched alkanes of at least 4 members (excludes halogenated alkanes) is 6. The summed E-state index contributed by atoms with van der Waals surface area (Å²) in [5.41, 5.74) is 1.47. The van der Waals surface area contributed by atoms with Crippen LogP contribution in [-0.4, -0.2) is 12.6 Å². The van der Waals surface area contributed by atoms with E-state index in [1.165, 1.54) is 82.6 Å². The van der Waals surface area contributed by atoms with Crippen LogP contribution in [0.1, 0.15) is 102 Å². The Morgan fingerprint density at radius 1 is 0.828 bits per heavy atom. The van der Waals surface area contributed by atoms with Crippen molar-refractivity contribution in [1.82, 2.24) is 0 Å². The Bertz CT molecular complexity index is 536. The summed E-state index contributed by atoms with van der Waals surface area (Å²) in [4.78, 5) is 0. The lowest BCUT2D eigenvalue weighted by molar-refractivity contribution is 0.301.